The van der Waals surface area contributed by atoms with Crippen LogP contribution >= 0.6 is 11.1 Å². The maximum Gasteiger partial charge on any atom is 0.150 e. The number of hydrogen-bond acceptors (Lipinski definition) is 2. The van der Waals surface area contributed by atoms with Gasteiger partial charge < -0.3 is 9.47 Å². The fraction of sp³-hybridized carbons (Fsp3) is 1.00. The Hall–Kier alpha value is 0.427. The summed E-state index contributed by atoms with van der Waals surface area (Å²) in [6.07, 6.45) is 2.74. The van der Waals surface area contributed by atoms with Gasteiger partial charge in [0, 0.05) is 6.61 Å². The van der Waals surface area contributed by atoms with Crippen molar-refractivity contribution in [2.75, 3.05) is 19.8 Å². The molecule has 0 spiro atoms. The molecule has 1 heterocycles. The molecule has 0 aromatic carbocycles. The van der Waals surface area contributed by atoms with E-state index in [1.54, 1.807) is 0 Å². The molecule has 2 nitrogen and oxygen atoms in total. The highest BCUT2D eigenvalue weighted by molar-refractivity contribution is 7.19. The minimum absolute atomic E-state index is 0.402. The van der Waals surface area contributed by atoms with Crippen molar-refractivity contribution in [1.29, 1.82) is 0 Å². The molecule has 1 atom stereocenters. The van der Waals surface area contributed by atoms with Crippen molar-refractivity contribution in [1.82, 2.24) is 0 Å². The van der Waals surface area contributed by atoms with Crippen LogP contribution in [0.15, 0.2) is 0 Å². The highest BCUT2D eigenvalue weighted by atomic mass is 35.6. The fourth-order valence-corrected chi connectivity index (χ4v) is 2.62. The number of ether oxygens (including phenoxy) is 2. The van der Waals surface area contributed by atoms with Crippen molar-refractivity contribution >= 4 is 18.5 Å². The average Bonchev–Trinajstić information content (AvgIpc) is 2.77. The molecule has 0 aromatic rings. The molecule has 0 aromatic heterocycles. The van der Waals surface area contributed by atoms with Crippen LogP contribution in [0, 0.1) is 0 Å². The second kappa shape index (κ2) is 5.34. The lowest BCUT2D eigenvalue weighted by Crippen LogP contribution is -2.15. The molecule has 0 saturated carbocycles. The number of halogens is 1. The fourth-order valence-electron chi connectivity index (χ4n) is 1.13. The van der Waals surface area contributed by atoms with Crippen molar-refractivity contribution < 1.29 is 9.47 Å². The van der Waals surface area contributed by atoms with Gasteiger partial charge in [-0.05, 0) is 12.5 Å². The molecular weight excluding hydrogens is 204 g/mol. The molecule has 1 fully saturated rings. The summed E-state index contributed by atoms with van der Waals surface area (Å²) < 4.78 is 10.4. The first-order valence-electron chi connectivity index (χ1n) is 4.96. The van der Waals surface area contributed by atoms with Gasteiger partial charge in [0.2, 0.25) is 0 Å². The molecule has 78 valence electrons. The lowest BCUT2D eigenvalue weighted by molar-refractivity contribution is 0.114. The Bertz CT molecular complexity index is 143. The van der Waals surface area contributed by atoms with Gasteiger partial charge in [-0.2, -0.15) is 11.1 Å². The summed E-state index contributed by atoms with van der Waals surface area (Å²) in [5.74, 6) is 0. The third-order valence-corrected chi connectivity index (χ3v) is 4.13. The Labute approximate surface area is 86.3 Å². The summed E-state index contributed by atoms with van der Waals surface area (Å²) in [5.41, 5.74) is 0. The molecule has 0 aliphatic carbocycles. The van der Waals surface area contributed by atoms with Crippen LogP contribution < -0.4 is 0 Å². The van der Waals surface area contributed by atoms with Gasteiger partial charge in [0.1, 0.15) is 13.5 Å². The van der Waals surface area contributed by atoms with Gasteiger partial charge in [0.05, 0.1) is 13.2 Å². The number of hydrogen-bond donors (Lipinski definition) is 0. The first kappa shape index (κ1) is 11.5. The highest BCUT2D eigenvalue weighted by Gasteiger charge is 2.22. The highest BCUT2D eigenvalue weighted by Crippen LogP contribution is 2.17. The Morgan fingerprint density at radius 2 is 2.15 bits per heavy atom. The largest absolute Gasteiger partial charge is 0.379 e. The molecule has 0 radical (unpaired) electrons. The van der Waals surface area contributed by atoms with E-state index in [1.165, 1.54) is 12.5 Å². The van der Waals surface area contributed by atoms with Crippen LogP contribution in [0.4, 0.5) is 0 Å². The van der Waals surface area contributed by atoms with E-state index < -0.39 is 7.38 Å². The van der Waals surface area contributed by atoms with Gasteiger partial charge in [0.15, 0.2) is 0 Å². The first-order valence-corrected chi connectivity index (χ1v) is 9.18. The smallest absolute Gasteiger partial charge is 0.150 e. The Balaban J connectivity index is 1.78. The molecular formula is C9H19ClO2Si. The minimum atomic E-state index is -1.33. The van der Waals surface area contributed by atoms with Gasteiger partial charge in [-0.25, -0.2) is 0 Å². The van der Waals surface area contributed by atoms with Crippen molar-refractivity contribution in [2.45, 2.75) is 38.1 Å². The summed E-state index contributed by atoms with van der Waals surface area (Å²) in [6.45, 7) is 6.91. The molecule has 1 rings (SSSR count). The molecule has 13 heavy (non-hydrogen) atoms. The average molecular weight is 223 g/mol. The Morgan fingerprint density at radius 1 is 1.46 bits per heavy atom. The van der Waals surface area contributed by atoms with Crippen LogP contribution in [-0.4, -0.2) is 33.3 Å². The summed E-state index contributed by atoms with van der Waals surface area (Å²) in [4.78, 5) is 0. The zero-order chi connectivity index (χ0) is 9.73. The van der Waals surface area contributed by atoms with Crippen molar-refractivity contribution in [3.63, 3.8) is 0 Å². The Morgan fingerprint density at radius 3 is 2.69 bits per heavy atom. The third-order valence-electron chi connectivity index (χ3n) is 2.02. The number of epoxide rings is 1. The molecule has 4 heteroatoms. The topological polar surface area (TPSA) is 21.8 Å². The molecule has 1 unspecified atom stereocenters. The van der Waals surface area contributed by atoms with Crippen LogP contribution in [-0.2, 0) is 9.47 Å². The van der Waals surface area contributed by atoms with Crippen molar-refractivity contribution in [3.8, 4) is 0 Å². The Kier molecular flexibility index (Phi) is 4.73. The quantitative estimate of drug-likeness (QED) is 0.286. The van der Waals surface area contributed by atoms with Crippen LogP contribution in [0.3, 0.4) is 0 Å². The maximum absolute atomic E-state index is 6.18. The summed E-state index contributed by atoms with van der Waals surface area (Å²) in [6, 6.07) is 1.19. The molecule has 1 aliphatic heterocycles. The second-order valence-electron chi connectivity index (χ2n) is 4.21. The molecule has 1 aliphatic rings. The predicted octanol–water partition coefficient (Wildman–Crippen LogP) is 2.63. The zero-order valence-corrected chi connectivity index (χ0v) is 10.3. The van der Waals surface area contributed by atoms with E-state index in [2.05, 4.69) is 13.1 Å². The van der Waals surface area contributed by atoms with E-state index >= 15 is 0 Å². The normalized spacial score (nSPS) is 21.9. The van der Waals surface area contributed by atoms with E-state index in [-0.39, 0.29) is 0 Å². The lowest BCUT2D eigenvalue weighted by Gasteiger charge is -2.11. The zero-order valence-electron chi connectivity index (χ0n) is 8.51. The molecule has 0 bridgehead atoms. The summed E-state index contributed by atoms with van der Waals surface area (Å²) in [7, 11) is -1.33. The van der Waals surface area contributed by atoms with E-state index in [0.717, 1.165) is 26.2 Å². The van der Waals surface area contributed by atoms with Crippen LogP contribution in [0.2, 0.25) is 19.1 Å². The van der Waals surface area contributed by atoms with E-state index in [9.17, 15) is 0 Å². The SMILES string of the molecule is C[Si](C)(Cl)CCCCOCC1CO1. The van der Waals surface area contributed by atoms with Crippen LogP contribution in [0.1, 0.15) is 12.8 Å². The second-order valence-corrected chi connectivity index (χ2v) is 11.2. The first-order chi connectivity index (χ1) is 6.08. The molecule has 1 saturated heterocycles. The van der Waals surface area contributed by atoms with E-state index in [1.807, 2.05) is 0 Å². The molecule has 0 N–H and O–H groups in total. The van der Waals surface area contributed by atoms with Gasteiger partial charge >= 0.3 is 0 Å². The van der Waals surface area contributed by atoms with Gasteiger partial charge in [-0.15, -0.1) is 0 Å². The minimum Gasteiger partial charge on any atom is -0.379 e. The maximum atomic E-state index is 6.18. The van der Waals surface area contributed by atoms with Gasteiger partial charge in [-0.3, -0.25) is 0 Å². The monoisotopic (exact) mass is 222 g/mol. The van der Waals surface area contributed by atoms with Crippen LogP contribution in [0.25, 0.3) is 0 Å². The van der Waals surface area contributed by atoms with Gasteiger partial charge in [0.25, 0.3) is 0 Å². The predicted molar refractivity (Wildman–Crippen MR) is 57.9 cm³/mol. The van der Waals surface area contributed by atoms with Gasteiger partial charge in [-0.1, -0.05) is 19.5 Å². The van der Waals surface area contributed by atoms with Crippen molar-refractivity contribution in [3.05, 3.63) is 0 Å². The molecule has 0 amide bonds. The standard InChI is InChI=1S/C9H19ClO2Si/c1-13(2,10)6-4-3-5-11-7-9-8-12-9/h9H,3-8H2,1-2H3. The van der Waals surface area contributed by atoms with Crippen LogP contribution in [0.5, 0.6) is 0 Å². The number of rotatable bonds is 7. The van der Waals surface area contributed by atoms with E-state index in [0.29, 0.717) is 6.10 Å². The number of unbranched alkanes of at least 4 members (excludes halogenated alkanes) is 1. The third kappa shape index (κ3) is 7.49. The van der Waals surface area contributed by atoms with Crippen molar-refractivity contribution in [2.24, 2.45) is 0 Å². The van der Waals surface area contributed by atoms with E-state index in [4.69, 9.17) is 20.6 Å². The summed E-state index contributed by atoms with van der Waals surface area (Å²) >= 11 is 6.18. The lowest BCUT2D eigenvalue weighted by atomic mass is 10.3. The summed E-state index contributed by atoms with van der Waals surface area (Å²) in [5, 5.41) is 0.